The molecule has 0 unspecified atom stereocenters. The van der Waals surface area contributed by atoms with Crippen LogP contribution in [0.4, 0.5) is 37.8 Å². The Morgan fingerprint density at radius 3 is 2.16 bits per heavy atom. The van der Waals surface area contributed by atoms with Crippen LogP contribution >= 0.6 is 0 Å². The summed E-state index contributed by atoms with van der Waals surface area (Å²) in [5, 5.41) is 3.24. The molecular weight excluding hydrogens is 424 g/mol. The Bertz CT molecular complexity index is 1240. The molecule has 0 aliphatic rings. The molecule has 11 heteroatoms. The van der Waals surface area contributed by atoms with Gasteiger partial charge in [0.25, 0.3) is 0 Å². The lowest BCUT2D eigenvalue weighted by Crippen LogP contribution is -2.09. The van der Waals surface area contributed by atoms with Crippen molar-refractivity contribution in [3.63, 3.8) is 0 Å². The fourth-order valence-electron chi connectivity index (χ4n) is 2.89. The molecule has 0 aliphatic carbocycles. The van der Waals surface area contributed by atoms with Crippen molar-refractivity contribution in [3.8, 4) is 11.4 Å². The molecule has 0 bridgehead atoms. The van der Waals surface area contributed by atoms with Crippen molar-refractivity contribution in [1.29, 1.82) is 0 Å². The maximum absolute atomic E-state index is 13.3. The summed E-state index contributed by atoms with van der Waals surface area (Å²) in [5.74, 6) is 0.237. The van der Waals surface area contributed by atoms with E-state index in [1.54, 1.807) is 0 Å². The van der Waals surface area contributed by atoms with E-state index >= 15 is 0 Å². The first-order valence-electron chi connectivity index (χ1n) is 8.71. The van der Waals surface area contributed by atoms with E-state index in [0.29, 0.717) is 11.1 Å². The third-order valence-electron chi connectivity index (χ3n) is 4.33. The predicted octanol–water partition coefficient (Wildman–Crippen LogP) is 5.87. The molecule has 31 heavy (non-hydrogen) atoms. The Balaban J connectivity index is 1.70. The molecule has 5 nitrogen and oxygen atoms in total. The molecule has 3 aromatic heterocycles. The molecule has 0 radical (unpaired) electrons. The second-order valence-electron chi connectivity index (χ2n) is 6.39. The van der Waals surface area contributed by atoms with Crippen molar-refractivity contribution in [2.24, 2.45) is 0 Å². The average Bonchev–Trinajstić information content (AvgIpc) is 2.73. The van der Waals surface area contributed by atoms with Gasteiger partial charge < -0.3 is 5.32 Å². The Morgan fingerprint density at radius 1 is 0.742 bits per heavy atom. The lowest BCUT2D eigenvalue weighted by Gasteiger charge is -2.12. The van der Waals surface area contributed by atoms with Gasteiger partial charge in [-0.2, -0.15) is 26.3 Å². The van der Waals surface area contributed by atoms with Crippen molar-refractivity contribution in [2.45, 2.75) is 12.4 Å². The molecule has 0 amide bonds. The minimum atomic E-state index is -4.61. The van der Waals surface area contributed by atoms with Gasteiger partial charge in [-0.25, -0.2) is 15.0 Å². The van der Waals surface area contributed by atoms with E-state index in [1.807, 2.05) is 0 Å². The van der Waals surface area contributed by atoms with Crippen LogP contribution in [0.3, 0.4) is 0 Å². The van der Waals surface area contributed by atoms with Gasteiger partial charge in [0.15, 0.2) is 5.65 Å². The number of nitrogens with zero attached hydrogens (tertiary/aromatic N) is 4. The summed E-state index contributed by atoms with van der Waals surface area (Å²) in [4.78, 5) is 16.0. The molecule has 0 saturated heterocycles. The van der Waals surface area contributed by atoms with E-state index in [2.05, 4.69) is 25.3 Å². The van der Waals surface area contributed by atoms with Crippen molar-refractivity contribution >= 4 is 22.5 Å². The molecule has 0 aliphatic heterocycles. The smallest absolute Gasteiger partial charge is 0.340 e. The molecular formula is C20H11F6N5. The zero-order valence-corrected chi connectivity index (χ0v) is 15.3. The van der Waals surface area contributed by atoms with Crippen molar-refractivity contribution in [1.82, 2.24) is 19.9 Å². The number of anilines is 2. The first kappa shape index (κ1) is 20.5. The first-order chi connectivity index (χ1) is 14.6. The second-order valence-corrected chi connectivity index (χ2v) is 6.39. The van der Waals surface area contributed by atoms with E-state index < -0.39 is 23.5 Å². The van der Waals surface area contributed by atoms with Crippen LogP contribution in [-0.2, 0) is 12.4 Å². The number of benzene rings is 1. The van der Waals surface area contributed by atoms with Crippen LogP contribution in [0.5, 0.6) is 0 Å². The van der Waals surface area contributed by atoms with Crippen molar-refractivity contribution in [2.75, 3.05) is 5.32 Å². The monoisotopic (exact) mass is 435 g/mol. The molecule has 4 aromatic rings. The van der Waals surface area contributed by atoms with Crippen LogP contribution in [0.15, 0.2) is 61.1 Å². The number of halogens is 6. The summed E-state index contributed by atoms with van der Waals surface area (Å²) >= 11 is 0. The van der Waals surface area contributed by atoms with Crippen LogP contribution in [0.25, 0.3) is 22.4 Å². The van der Waals surface area contributed by atoms with Crippen molar-refractivity contribution in [3.05, 3.63) is 72.2 Å². The van der Waals surface area contributed by atoms with Crippen LogP contribution in [0.2, 0.25) is 0 Å². The lowest BCUT2D eigenvalue weighted by molar-refractivity contribution is -0.138. The highest BCUT2D eigenvalue weighted by atomic mass is 19.4. The Morgan fingerprint density at radius 2 is 1.48 bits per heavy atom. The Kier molecular flexibility index (Phi) is 4.96. The molecule has 0 atom stereocenters. The summed E-state index contributed by atoms with van der Waals surface area (Å²) in [6, 6.07) is 9.22. The van der Waals surface area contributed by atoms with Crippen LogP contribution in [0, 0.1) is 0 Å². The van der Waals surface area contributed by atoms with Gasteiger partial charge in [-0.3, -0.25) is 4.98 Å². The summed E-state index contributed by atoms with van der Waals surface area (Å²) in [7, 11) is 0. The van der Waals surface area contributed by atoms with E-state index in [4.69, 9.17) is 0 Å². The number of aromatic nitrogens is 4. The number of hydrogen-bond acceptors (Lipinski definition) is 5. The van der Waals surface area contributed by atoms with Gasteiger partial charge in [0.05, 0.1) is 22.2 Å². The molecule has 1 N–H and O–H groups in total. The molecule has 158 valence electrons. The van der Waals surface area contributed by atoms with Gasteiger partial charge >= 0.3 is 12.4 Å². The third-order valence-corrected chi connectivity index (χ3v) is 4.33. The average molecular weight is 435 g/mol. The highest BCUT2D eigenvalue weighted by molar-refractivity contribution is 5.89. The molecule has 3 heterocycles. The highest BCUT2D eigenvalue weighted by Crippen LogP contribution is 2.36. The fraction of sp³-hybridized carbons (Fsp3) is 0.100. The molecule has 0 fully saturated rings. The van der Waals surface area contributed by atoms with Crippen molar-refractivity contribution < 1.29 is 26.3 Å². The minimum absolute atomic E-state index is 0.0281. The number of rotatable bonds is 3. The minimum Gasteiger partial charge on any atom is -0.340 e. The normalized spacial score (nSPS) is 12.2. The maximum Gasteiger partial charge on any atom is 0.418 e. The van der Waals surface area contributed by atoms with Crippen LogP contribution in [0.1, 0.15) is 11.1 Å². The molecule has 1 aromatic carbocycles. The van der Waals surface area contributed by atoms with Gasteiger partial charge in [-0.15, -0.1) is 0 Å². The van der Waals surface area contributed by atoms with E-state index in [9.17, 15) is 26.3 Å². The lowest BCUT2D eigenvalue weighted by atomic mass is 10.1. The summed E-state index contributed by atoms with van der Waals surface area (Å²) < 4.78 is 78.0. The highest BCUT2D eigenvalue weighted by Gasteiger charge is 2.34. The molecule has 0 saturated carbocycles. The fourth-order valence-corrected chi connectivity index (χ4v) is 2.89. The first-order valence-corrected chi connectivity index (χ1v) is 8.71. The Labute approximate surface area is 170 Å². The quantitative estimate of drug-likeness (QED) is 0.408. The van der Waals surface area contributed by atoms with E-state index in [-0.39, 0.29) is 22.9 Å². The summed E-state index contributed by atoms with van der Waals surface area (Å²) in [6.07, 6.45) is -6.69. The van der Waals surface area contributed by atoms with Crippen LogP contribution < -0.4 is 5.32 Å². The second kappa shape index (κ2) is 7.49. The zero-order valence-electron chi connectivity index (χ0n) is 15.3. The zero-order chi connectivity index (χ0) is 22.2. The number of pyridine rings is 2. The largest absolute Gasteiger partial charge is 0.418 e. The number of fused-ring (bicyclic) bond motifs is 1. The van der Waals surface area contributed by atoms with Gasteiger partial charge in [0, 0.05) is 11.9 Å². The van der Waals surface area contributed by atoms with E-state index in [1.165, 1.54) is 36.5 Å². The standard InChI is InChI=1S/C20H11F6N5/c21-19(22,23)11-3-5-12(6-4-11)30-17-13-7-8-15(31-18(13)29-10-28-17)16-14(20(24,25)26)2-1-9-27-16/h1-10H,(H,28,29,30,31). The van der Waals surface area contributed by atoms with Gasteiger partial charge in [-0.1, -0.05) is 0 Å². The van der Waals surface area contributed by atoms with Gasteiger partial charge in [-0.05, 0) is 48.5 Å². The number of hydrogen-bond donors (Lipinski definition) is 1. The number of alkyl halides is 6. The van der Waals surface area contributed by atoms with Gasteiger partial charge in [0.2, 0.25) is 0 Å². The van der Waals surface area contributed by atoms with Crippen LogP contribution in [-0.4, -0.2) is 19.9 Å². The molecule has 4 rings (SSSR count). The maximum atomic E-state index is 13.3. The third kappa shape index (κ3) is 4.25. The summed E-state index contributed by atoms with van der Waals surface area (Å²) in [5.41, 5.74) is -1.67. The SMILES string of the molecule is FC(F)(F)c1ccc(Nc2ncnc3nc(-c4ncccc4C(F)(F)F)ccc23)cc1. The van der Waals surface area contributed by atoms with Gasteiger partial charge in [0.1, 0.15) is 17.8 Å². The summed E-state index contributed by atoms with van der Waals surface area (Å²) in [6.45, 7) is 0. The molecule has 0 spiro atoms. The number of nitrogens with one attached hydrogen (secondary N) is 1. The predicted molar refractivity (Wildman–Crippen MR) is 100 cm³/mol. The van der Waals surface area contributed by atoms with E-state index in [0.717, 1.165) is 24.5 Å². The Hall–Kier alpha value is -3.76. The topological polar surface area (TPSA) is 63.6 Å².